The average Bonchev–Trinajstić information content (AvgIpc) is 3.00. The molecular weight excluding hydrogens is 328 g/mol. The van der Waals surface area contributed by atoms with Gasteiger partial charge >= 0.3 is 0 Å². The molecule has 1 aromatic rings. The number of likely N-dealkylation sites (tertiary alicyclic amines) is 2. The molecule has 0 spiro atoms. The Kier molecular flexibility index (Phi) is 6.67. The summed E-state index contributed by atoms with van der Waals surface area (Å²) in [4.78, 5) is 28.6. The lowest BCUT2D eigenvalue weighted by Crippen LogP contribution is -2.42. The molecule has 2 amide bonds. The van der Waals surface area contributed by atoms with Gasteiger partial charge in [0.25, 0.3) is 0 Å². The highest BCUT2D eigenvalue weighted by Gasteiger charge is 2.32. The van der Waals surface area contributed by atoms with Gasteiger partial charge in [0.15, 0.2) is 0 Å². The third kappa shape index (κ3) is 5.07. The molecule has 0 radical (unpaired) electrons. The van der Waals surface area contributed by atoms with Crippen LogP contribution < -0.4 is 0 Å². The van der Waals surface area contributed by atoms with Crippen molar-refractivity contribution in [2.24, 2.45) is 11.8 Å². The lowest BCUT2D eigenvalue weighted by atomic mass is 9.95. The quantitative estimate of drug-likeness (QED) is 0.752. The second-order valence-corrected chi connectivity index (χ2v) is 7.63. The maximum absolute atomic E-state index is 12.4. The molecule has 1 atom stereocenters. The van der Waals surface area contributed by atoms with Crippen molar-refractivity contribution in [1.29, 1.82) is 0 Å². The Bertz CT molecular complexity index is 597. The van der Waals surface area contributed by atoms with Gasteiger partial charge in [-0.1, -0.05) is 30.3 Å². The summed E-state index contributed by atoms with van der Waals surface area (Å²) in [6.07, 6.45) is 4.00. The van der Waals surface area contributed by atoms with Crippen molar-refractivity contribution in [2.45, 2.75) is 32.1 Å². The first-order valence-corrected chi connectivity index (χ1v) is 9.74. The van der Waals surface area contributed by atoms with Gasteiger partial charge in [-0.3, -0.25) is 9.59 Å². The summed E-state index contributed by atoms with van der Waals surface area (Å²) >= 11 is 0. The molecule has 5 heteroatoms. The van der Waals surface area contributed by atoms with Crippen LogP contribution in [0.15, 0.2) is 30.3 Å². The minimum atomic E-state index is 0.254. The molecule has 2 saturated heterocycles. The normalized spacial score (nSPS) is 21.4. The number of methoxy groups -OCH3 is 1. The summed E-state index contributed by atoms with van der Waals surface area (Å²) in [5.41, 5.74) is 1.22. The number of aryl methyl sites for hydroxylation is 1. The number of carbonyl (C=O) groups excluding carboxylic acids is 2. The summed E-state index contributed by atoms with van der Waals surface area (Å²) in [6, 6.07) is 10.2. The van der Waals surface area contributed by atoms with Crippen LogP contribution in [0.4, 0.5) is 0 Å². The van der Waals surface area contributed by atoms with Crippen molar-refractivity contribution in [1.82, 2.24) is 9.80 Å². The highest BCUT2D eigenvalue weighted by atomic mass is 16.5. The van der Waals surface area contributed by atoms with Gasteiger partial charge in [-0.05, 0) is 30.7 Å². The zero-order valence-electron chi connectivity index (χ0n) is 15.7. The summed E-state index contributed by atoms with van der Waals surface area (Å²) in [5, 5.41) is 0. The molecule has 0 bridgehead atoms. The first-order valence-electron chi connectivity index (χ1n) is 9.74. The molecular formula is C21H30N2O3. The Balaban J connectivity index is 1.38. The molecule has 0 aromatic heterocycles. The molecule has 0 saturated carbocycles. The van der Waals surface area contributed by atoms with Crippen LogP contribution in [0.5, 0.6) is 0 Å². The van der Waals surface area contributed by atoms with E-state index >= 15 is 0 Å². The Hall–Kier alpha value is -1.88. The fourth-order valence-electron chi connectivity index (χ4n) is 4.11. The SMILES string of the molecule is COCC1CC(=O)N(CC2CCN(C(=O)CCc3ccccc3)CC2)C1. The minimum absolute atomic E-state index is 0.254. The molecule has 2 aliphatic heterocycles. The van der Waals surface area contributed by atoms with Crippen molar-refractivity contribution >= 4 is 11.8 Å². The van der Waals surface area contributed by atoms with Crippen molar-refractivity contribution in [3.05, 3.63) is 35.9 Å². The van der Waals surface area contributed by atoms with Gasteiger partial charge in [0.05, 0.1) is 6.61 Å². The van der Waals surface area contributed by atoms with Crippen LogP contribution in [0, 0.1) is 11.8 Å². The maximum Gasteiger partial charge on any atom is 0.223 e. The predicted octanol–water partition coefficient (Wildman–Crippen LogP) is 2.35. The van der Waals surface area contributed by atoms with Crippen LogP contribution in [0.25, 0.3) is 0 Å². The van der Waals surface area contributed by atoms with E-state index in [-0.39, 0.29) is 11.8 Å². The molecule has 0 N–H and O–H groups in total. The Morgan fingerprint density at radius 1 is 1.15 bits per heavy atom. The number of hydrogen-bond donors (Lipinski definition) is 0. The molecule has 5 nitrogen and oxygen atoms in total. The number of ether oxygens (including phenoxy) is 1. The van der Waals surface area contributed by atoms with Crippen molar-refractivity contribution in [3.63, 3.8) is 0 Å². The number of hydrogen-bond acceptors (Lipinski definition) is 3. The van der Waals surface area contributed by atoms with E-state index < -0.39 is 0 Å². The van der Waals surface area contributed by atoms with Gasteiger partial charge in [0.2, 0.25) is 11.8 Å². The zero-order valence-corrected chi connectivity index (χ0v) is 15.7. The topological polar surface area (TPSA) is 49.9 Å². The van der Waals surface area contributed by atoms with E-state index in [0.717, 1.165) is 45.4 Å². The number of carbonyl (C=O) groups is 2. The highest BCUT2D eigenvalue weighted by molar-refractivity contribution is 5.78. The first-order chi connectivity index (χ1) is 12.7. The third-order valence-electron chi connectivity index (χ3n) is 5.61. The zero-order chi connectivity index (χ0) is 18.4. The molecule has 2 heterocycles. The molecule has 2 fully saturated rings. The first kappa shape index (κ1) is 18.9. The van der Waals surface area contributed by atoms with Gasteiger partial charge in [-0.25, -0.2) is 0 Å². The number of piperidine rings is 1. The summed E-state index contributed by atoms with van der Waals surface area (Å²) < 4.78 is 5.18. The van der Waals surface area contributed by atoms with Crippen LogP contribution in [0.2, 0.25) is 0 Å². The van der Waals surface area contributed by atoms with Crippen molar-refractivity contribution in [2.75, 3.05) is 39.9 Å². The lowest BCUT2D eigenvalue weighted by molar-refractivity contribution is -0.133. The Labute approximate surface area is 156 Å². The molecule has 142 valence electrons. The summed E-state index contributed by atoms with van der Waals surface area (Å²) in [5.74, 6) is 1.36. The average molecular weight is 358 g/mol. The van der Waals surface area contributed by atoms with Crippen LogP contribution in [-0.2, 0) is 20.7 Å². The van der Waals surface area contributed by atoms with Crippen LogP contribution in [0.3, 0.4) is 0 Å². The van der Waals surface area contributed by atoms with Crippen molar-refractivity contribution in [3.8, 4) is 0 Å². The molecule has 3 rings (SSSR count). The van der Waals surface area contributed by atoms with E-state index in [9.17, 15) is 9.59 Å². The van der Waals surface area contributed by atoms with Crippen molar-refractivity contribution < 1.29 is 14.3 Å². The van der Waals surface area contributed by atoms with Gasteiger partial charge in [-0.2, -0.15) is 0 Å². The minimum Gasteiger partial charge on any atom is -0.384 e. The Morgan fingerprint density at radius 2 is 1.88 bits per heavy atom. The van der Waals surface area contributed by atoms with Crippen LogP contribution >= 0.6 is 0 Å². The summed E-state index contributed by atoms with van der Waals surface area (Å²) in [6.45, 7) is 3.97. The number of benzene rings is 1. The molecule has 2 aliphatic rings. The van der Waals surface area contributed by atoms with E-state index in [0.29, 0.717) is 31.3 Å². The Morgan fingerprint density at radius 3 is 2.58 bits per heavy atom. The molecule has 0 aliphatic carbocycles. The smallest absolute Gasteiger partial charge is 0.223 e. The van der Waals surface area contributed by atoms with Gasteiger partial charge in [0.1, 0.15) is 0 Å². The van der Waals surface area contributed by atoms with Gasteiger partial charge in [0, 0.05) is 52.0 Å². The van der Waals surface area contributed by atoms with E-state index in [1.54, 1.807) is 7.11 Å². The largest absolute Gasteiger partial charge is 0.384 e. The lowest BCUT2D eigenvalue weighted by Gasteiger charge is -2.34. The standard InChI is InChI=1S/C21H30N2O3/c1-26-16-19-13-21(25)23(15-19)14-18-9-11-22(12-10-18)20(24)8-7-17-5-3-2-4-6-17/h2-6,18-19H,7-16H2,1H3. The van der Waals surface area contributed by atoms with Gasteiger partial charge in [-0.15, -0.1) is 0 Å². The van der Waals surface area contributed by atoms with E-state index in [1.807, 2.05) is 28.0 Å². The number of rotatable bonds is 7. The van der Waals surface area contributed by atoms with E-state index in [1.165, 1.54) is 5.56 Å². The molecule has 26 heavy (non-hydrogen) atoms. The second-order valence-electron chi connectivity index (χ2n) is 7.63. The monoisotopic (exact) mass is 358 g/mol. The van der Waals surface area contributed by atoms with Crippen LogP contribution in [-0.4, -0.2) is 61.5 Å². The van der Waals surface area contributed by atoms with Gasteiger partial charge < -0.3 is 14.5 Å². The summed E-state index contributed by atoms with van der Waals surface area (Å²) in [7, 11) is 1.69. The van der Waals surface area contributed by atoms with E-state index in [4.69, 9.17) is 4.74 Å². The fourth-order valence-corrected chi connectivity index (χ4v) is 4.11. The number of amides is 2. The fraction of sp³-hybridized carbons (Fsp3) is 0.619. The third-order valence-corrected chi connectivity index (χ3v) is 5.61. The molecule has 1 aromatic carbocycles. The predicted molar refractivity (Wildman–Crippen MR) is 101 cm³/mol. The second kappa shape index (κ2) is 9.17. The highest BCUT2D eigenvalue weighted by Crippen LogP contribution is 2.24. The maximum atomic E-state index is 12.4. The molecule has 1 unspecified atom stereocenters. The number of nitrogens with zero attached hydrogens (tertiary/aromatic N) is 2. The van der Waals surface area contributed by atoms with Crippen LogP contribution in [0.1, 0.15) is 31.2 Å². The van der Waals surface area contributed by atoms with E-state index in [2.05, 4.69) is 12.1 Å².